The Balaban J connectivity index is 3.49. The molecule has 0 unspecified atom stereocenters. The SMILES string of the molecule is CCC=c1nccc(CN)c1=CC=C(C)C. The zero-order valence-electron chi connectivity index (χ0n) is 10.3. The van der Waals surface area contributed by atoms with E-state index in [-0.39, 0.29) is 0 Å². The first-order valence-corrected chi connectivity index (χ1v) is 5.68. The summed E-state index contributed by atoms with van der Waals surface area (Å²) in [5.74, 6) is 0. The molecule has 0 fully saturated rings. The molecule has 0 saturated carbocycles. The Labute approximate surface area is 97.2 Å². The number of pyridine rings is 1. The largest absolute Gasteiger partial charge is 0.326 e. The van der Waals surface area contributed by atoms with E-state index in [1.807, 2.05) is 12.3 Å². The van der Waals surface area contributed by atoms with Crippen LogP contribution in [-0.2, 0) is 6.54 Å². The van der Waals surface area contributed by atoms with Crippen LogP contribution in [0.5, 0.6) is 0 Å². The van der Waals surface area contributed by atoms with Crippen molar-refractivity contribution in [2.75, 3.05) is 0 Å². The molecule has 0 bridgehead atoms. The van der Waals surface area contributed by atoms with Crippen molar-refractivity contribution in [3.63, 3.8) is 0 Å². The first-order valence-electron chi connectivity index (χ1n) is 5.68. The second-order valence-corrected chi connectivity index (χ2v) is 4.00. The maximum atomic E-state index is 5.74. The molecular weight excluding hydrogens is 196 g/mol. The second-order valence-electron chi connectivity index (χ2n) is 4.00. The quantitative estimate of drug-likeness (QED) is 0.831. The highest BCUT2D eigenvalue weighted by Crippen LogP contribution is 1.90. The minimum atomic E-state index is 0.551. The molecule has 0 amide bonds. The van der Waals surface area contributed by atoms with Gasteiger partial charge in [0.1, 0.15) is 0 Å². The predicted octanol–water partition coefficient (Wildman–Crippen LogP) is 1.48. The van der Waals surface area contributed by atoms with Gasteiger partial charge in [-0.15, -0.1) is 0 Å². The summed E-state index contributed by atoms with van der Waals surface area (Å²) in [4.78, 5) is 4.38. The summed E-state index contributed by atoms with van der Waals surface area (Å²) in [5.41, 5.74) is 8.16. The van der Waals surface area contributed by atoms with Gasteiger partial charge in [-0.25, -0.2) is 0 Å². The van der Waals surface area contributed by atoms with Gasteiger partial charge in [0.05, 0.1) is 5.35 Å². The smallest absolute Gasteiger partial charge is 0.0665 e. The van der Waals surface area contributed by atoms with E-state index in [4.69, 9.17) is 5.73 Å². The third-order valence-corrected chi connectivity index (χ3v) is 2.31. The maximum absolute atomic E-state index is 5.74. The first kappa shape index (κ1) is 12.7. The monoisotopic (exact) mass is 216 g/mol. The molecule has 86 valence electrons. The Morgan fingerprint density at radius 2 is 2.19 bits per heavy atom. The van der Waals surface area contributed by atoms with E-state index >= 15 is 0 Å². The molecule has 0 aliphatic heterocycles. The number of nitrogens with zero attached hydrogens (tertiary/aromatic N) is 1. The van der Waals surface area contributed by atoms with Crippen LogP contribution < -0.4 is 16.3 Å². The van der Waals surface area contributed by atoms with Gasteiger partial charge in [-0.1, -0.05) is 30.7 Å². The molecule has 0 aliphatic carbocycles. The molecule has 0 spiro atoms. The van der Waals surface area contributed by atoms with Gasteiger partial charge >= 0.3 is 0 Å². The predicted molar refractivity (Wildman–Crippen MR) is 70.0 cm³/mol. The second kappa shape index (κ2) is 6.23. The highest BCUT2D eigenvalue weighted by Gasteiger charge is 1.94. The summed E-state index contributed by atoms with van der Waals surface area (Å²) in [5, 5.41) is 2.18. The molecule has 0 atom stereocenters. The van der Waals surface area contributed by atoms with Crippen LogP contribution in [0.15, 0.2) is 23.9 Å². The fraction of sp³-hybridized carbons (Fsp3) is 0.357. The highest BCUT2D eigenvalue weighted by atomic mass is 14.6. The van der Waals surface area contributed by atoms with Gasteiger partial charge in [-0.2, -0.15) is 0 Å². The highest BCUT2D eigenvalue weighted by molar-refractivity contribution is 5.42. The minimum Gasteiger partial charge on any atom is -0.326 e. The first-order chi connectivity index (χ1) is 7.69. The molecular formula is C14H20N2. The van der Waals surface area contributed by atoms with Gasteiger partial charge in [-0.05, 0) is 31.9 Å². The van der Waals surface area contributed by atoms with E-state index < -0.39 is 0 Å². The van der Waals surface area contributed by atoms with Crippen LogP contribution in [0.1, 0.15) is 32.8 Å². The Morgan fingerprint density at radius 1 is 1.44 bits per heavy atom. The number of hydrogen-bond acceptors (Lipinski definition) is 2. The van der Waals surface area contributed by atoms with Gasteiger partial charge in [-0.3, -0.25) is 4.98 Å². The van der Waals surface area contributed by atoms with Crippen molar-refractivity contribution in [1.29, 1.82) is 0 Å². The van der Waals surface area contributed by atoms with Crippen molar-refractivity contribution >= 4 is 12.2 Å². The van der Waals surface area contributed by atoms with Crippen molar-refractivity contribution in [1.82, 2.24) is 4.98 Å². The summed E-state index contributed by atoms with van der Waals surface area (Å²) < 4.78 is 0. The topological polar surface area (TPSA) is 38.9 Å². The van der Waals surface area contributed by atoms with E-state index in [1.54, 1.807) is 0 Å². The molecule has 1 heterocycles. The fourth-order valence-corrected chi connectivity index (χ4v) is 1.51. The summed E-state index contributed by atoms with van der Waals surface area (Å²) >= 11 is 0. The average molecular weight is 216 g/mol. The molecule has 1 aromatic rings. The molecule has 2 heteroatoms. The van der Waals surface area contributed by atoms with Crippen LogP contribution in [0.25, 0.3) is 12.2 Å². The van der Waals surface area contributed by atoms with E-state index in [9.17, 15) is 0 Å². The lowest BCUT2D eigenvalue weighted by molar-refractivity contribution is 1.02. The van der Waals surface area contributed by atoms with Crippen LogP contribution in [-0.4, -0.2) is 4.98 Å². The number of allylic oxidation sites excluding steroid dienone is 2. The molecule has 0 aliphatic rings. The van der Waals surface area contributed by atoms with Crippen molar-refractivity contribution in [2.45, 2.75) is 33.7 Å². The molecule has 1 rings (SSSR count). The third kappa shape index (κ3) is 3.31. The number of aromatic nitrogens is 1. The van der Waals surface area contributed by atoms with Gasteiger partial charge in [0.2, 0.25) is 0 Å². The summed E-state index contributed by atoms with van der Waals surface area (Å²) in [6.07, 6.45) is 9.14. The Hall–Kier alpha value is -1.41. The minimum absolute atomic E-state index is 0.551. The zero-order valence-corrected chi connectivity index (χ0v) is 10.3. The molecule has 2 nitrogen and oxygen atoms in total. The van der Waals surface area contributed by atoms with Crippen molar-refractivity contribution < 1.29 is 0 Å². The molecule has 0 aromatic carbocycles. The van der Waals surface area contributed by atoms with Crippen molar-refractivity contribution in [3.8, 4) is 0 Å². The van der Waals surface area contributed by atoms with Gasteiger partial charge < -0.3 is 5.73 Å². The average Bonchev–Trinajstić information content (AvgIpc) is 2.27. The summed E-state index contributed by atoms with van der Waals surface area (Å²) in [6, 6.07) is 1.98. The molecule has 0 radical (unpaired) electrons. The summed E-state index contributed by atoms with van der Waals surface area (Å²) in [7, 11) is 0. The van der Waals surface area contributed by atoms with Gasteiger partial charge in [0.15, 0.2) is 0 Å². The molecule has 1 aromatic heterocycles. The fourth-order valence-electron chi connectivity index (χ4n) is 1.51. The van der Waals surface area contributed by atoms with E-state index in [0.717, 1.165) is 22.6 Å². The van der Waals surface area contributed by atoms with E-state index in [2.05, 4.69) is 44.0 Å². The Bertz CT molecular complexity index is 480. The Kier molecular flexibility index (Phi) is 4.93. The molecule has 16 heavy (non-hydrogen) atoms. The lowest BCUT2D eigenvalue weighted by Gasteiger charge is -1.98. The van der Waals surface area contributed by atoms with E-state index in [1.165, 1.54) is 5.57 Å². The number of rotatable bonds is 3. The lowest BCUT2D eigenvalue weighted by atomic mass is 10.1. The zero-order chi connectivity index (χ0) is 12.0. The standard InChI is InChI=1S/C14H20N2/c1-4-5-14-13(7-6-11(2)3)12(10-15)8-9-16-14/h5-9H,4,10,15H2,1-3H3. The molecule has 2 N–H and O–H groups in total. The lowest BCUT2D eigenvalue weighted by Crippen LogP contribution is -2.32. The van der Waals surface area contributed by atoms with Crippen LogP contribution in [0.2, 0.25) is 0 Å². The maximum Gasteiger partial charge on any atom is 0.0665 e. The normalized spacial score (nSPS) is 13.0. The van der Waals surface area contributed by atoms with E-state index in [0.29, 0.717) is 6.54 Å². The van der Waals surface area contributed by atoms with Gasteiger partial charge in [0.25, 0.3) is 0 Å². The third-order valence-electron chi connectivity index (χ3n) is 2.31. The van der Waals surface area contributed by atoms with Crippen molar-refractivity contribution in [3.05, 3.63) is 40.0 Å². The van der Waals surface area contributed by atoms with Crippen LogP contribution in [0, 0.1) is 0 Å². The van der Waals surface area contributed by atoms with Crippen LogP contribution >= 0.6 is 0 Å². The van der Waals surface area contributed by atoms with Crippen LogP contribution in [0.3, 0.4) is 0 Å². The van der Waals surface area contributed by atoms with Crippen molar-refractivity contribution in [2.24, 2.45) is 5.73 Å². The van der Waals surface area contributed by atoms with Gasteiger partial charge in [0, 0.05) is 18.0 Å². The number of nitrogens with two attached hydrogens (primary N) is 1. The Morgan fingerprint density at radius 3 is 2.75 bits per heavy atom. The molecule has 0 saturated heterocycles. The summed E-state index contributed by atoms with van der Waals surface area (Å²) in [6.45, 7) is 6.83. The van der Waals surface area contributed by atoms with Crippen LogP contribution in [0.4, 0.5) is 0 Å². The number of hydrogen-bond donors (Lipinski definition) is 1.